The Kier molecular flexibility index (Phi) is 5.47. The van der Waals surface area contributed by atoms with E-state index in [4.69, 9.17) is 4.74 Å². The molecule has 0 radical (unpaired) electrons. The van der Waals surface area contributed by atoms with Crippen molar-refractivity contribution in [1.29, 1.82) is 0 Å². The summed E-state index contributed by atoms with van der Waals surface area (Å²) >= 11 is 0. The summed E-state index contributed by atoms with van der Waals surface area (Å²) < 4.78 is 32.2. The van der Waals surface area contributed by atoms with Gasteiger partial charge in [0.2, 0.25) is 21.8 Å². The predicted molar refractivity (Wildman–Crippen MR) is 96.4 cm³/mol. The van der Waals surface area contributed by atoms with Crippen molar-refractivity contribution in [3.63, 3.8) is 0 Å². The average molecular weight is 395 g/mol. The van der Waals surface area contributed by atoms with Gasteiger partial charge < -0.3 is 15.4 Å². The maximum absolute atomic E-state index is 12.9. The standard InChI is InChI=1S/C17H21N3O6S/c1-2-26-17(23)11-5-7-20(8-6-11)27(24,25)12-3-4-13-14(9-12)19-16(22)10-15(21)18-13/h3-4,9,11H,2,5-8,10H2,1H3,(H,18,21)(H,19,22). The van der Waals surface area contributed by atoms with Gasteiger partial charge in [0, 0.05) is 13.1 Å². The molecule has 2 aliphatic rings. The van der Waals surface area contributed by atoms with Crippen molar-refractivity contribution in [1.82, 2.24) is 4.31 Å². The van der Waals surface area contributed by atoms with Crippen molar-refractivity contribution in [3.05, 3.63) is 18.2 Å². The van der Waals surface area contributed by atoms with Gasteiger partial charge in [-0.3, -0.25) is 14.4 Å². The highest BCUT2D eigenvalue weighted by molar-refractivity contribution is 7.89. The largest absolute Gasteiger partial charge is 0.466 e. The van der Waals surface area contributed by atoms with Crippen molar-refractivity contribution in [3.8, 4) is 0 Å². The van der Waals surface area contributed by atoms with E-state index in [1.807, 2.05) is 0 Å². The molecule has 3 rings (SSSR count). The Morgan fingerprint density at radius 1 is 1.15 bits per heavy atom. The number of hydrogen-bond acceptors (Lipinski definition) is 6. The minimum Gasteiger partial charge on any atom is -0.466 e. The molecule has 1 aromatic rings. The number of hydrogen-bond donors (Lipinski definition) is 2. The van der Waals surface area contributed by atoms with E-state index in [0.29, 0.717) is 25.1 Å². The summed E-state index contributed by atoms with van der Waals surface area (Å²) in [7, 11) is -3.78. The topological polar surface area (TPSA) is 122 Å². The Morgan fingerprint density at radius 2 is 1.78 bits per heavy atom. The zero-order valence-corrected chi connectivity index (χ0v) is 15.7. The van der Waals surface area contributed by atoms with Gasteiger partial charge in [0.1, 0.15) is 6.42 Å². The van der Waals surface area contributed by atoms with Crippen LogP contribution in [0.4, 0.5) is 11.4 Å². The van der Waals surface area contributed by atoms with Crippen LogP contribution in [0.15, 0.2) is 23.1 Å². The number of carbonyl (C=O) groups is 3. The summed E-state index contributed by atoms with van der Waals surface area (Å²) in [6, 6.07) is 4.19. The van der Waals surface area contributed by atoms with Crippen LogP contribution in [-0.2, 0) is 29.1 Å². The summed E-state index contributed by atoms with van der Waals surface area (Å²) in [5.74, 6) is -1.55. The van der Waals surface area contributed by atoms with Crippen LogP contribution >= 0.6 is 0 Å². The van der Waals surface area contributed by atoms with Gasteiger partial charge in [-0.15, -0.1) is 0 Å². The number of rotatable bonds is 4. The first-order valence-electron chi connectivity index (χ1n) is 8.72. The fraction of sp³-hybridized carbons (Fsp3) is 0.471. The van der Waals surface area contributed by atoms with Crippen LogP contribution < -0.4 is 10.6 Å². The zero-order valence-electron chi connectivity index (χ0n) is 14.9. The van der Waals surface area contributed by atoms with Crippen LogP contribution in [0.1, 0.15) is 26.2 Å². The molecule has 0 aliphatic carbocycles. The van der Waals surface area contributed by atoms with Gasteiger partial charge >= 0.3 is 5.97 Å². The first-order valence-corrected chi connectivity index (χ1v) is 10.2. The molecular weight excluding hydrogens is 374 g/mol. The van der Waals surface area contributed by atoms with Gasteiger partial charge in [-0.05, 0) is 38.0 Å². The van der Waals surface area contributed by atoms with Crippen molar-refractivity contribution in [2.75, 3.05) is 30.3 Å². The number of sulfonamides is 1. The highest BCUT2D eigenvalue weighted by Gasteiger charge is 2.33. The number of anilines is 2. The molecule has 0 saturated carbocycles. The second kappa shape index (κ2) is 7.65. The first kappa shape index (κ1) is 19.3. The Labute approximate surface area is 157 Å². The molecule has 0 aromatic heterocycles. The summed E-state index contributed by atoms with van der Waals surface area (Å²) in [6.07, 6.45) is 0.476. The SMILES string of the molecule is CCOC(=O)C1CCN(S(=O)(=O)c2ccc3c(c2)NC(=O)CC(=O)N3)CC1. The van der Waals surface area contributed by atoms with E-state index in [-0.39, 0.29) is 42.0 Å². The summed E-state index contributed by atoms with van der Waals surface area (Å²) in [5.41, 5.74) is 0.596. The molecule has 2 N–H and O–H groups in total. The van der Waals surface area contributed by atoms with Crippen LogP contribution in [0, 0.1) is 5.92 Å². The molecule has 0 bridgehead atoms. The van der Waals surface area contributed by atoms with E-state index in [1.54, 1.807) is 6.92 Å². The molecule has 1 fully saturated rings. The molecular formula is C17H21N3O6S. The minimum absolute atomic E-state index is 0.0206. The second-order valence-corrected chi connectivity index (χ2v) is 8.35. The molecule has 2 heterocycles. The summed E-state index contributed by atoms with van der Waals surface area (Å²) in [5, 5.41) is 5.10. The van der Waals surface area contributed by atoms with Gasteiger partial charge in [0.15, 0.2) is 0 Å². The van der Waals surface area contributed by atoms with E-state index in [2.05, 4.69) is 10.6 Å². The fourth-order valence-electron chi connectivity index (χ4n) is 3.17. The number of ether oxygens (including phenoxy) is 1. The second-order valence-electron chi connectivity index (χ2n) is 6.41. The zero-order chi connectivity index (χ0) is 19.6. The van der Waals surface area contributed by atoms with Crippen LogP contribution in [0.3, 0.4) is 0 Å². The smallest absolute Gasteiger partial charge is 0.309 e. The van der Waals surface area contributed by atoms with E-state index in [9.17, 15) is 22.8 Å². The molecule has 0 unspecified atom stereocenters. The Hall–Kier alpha value is -2.46. The molecule has 9 nitrogen and oxygen atoms in total. The van der Waals surface area contributed by atoms with Crippen molar-refractivity contribution in [2.24, 2.45) is 5.92 Å². The summed E-state index contributed by atoms with van der Waals surface area (Å²) in [4.78, 5) is 35.1. The molecule has 2 aliphatic heterocycles. The molecule has 27 heavy (non-hydrogen) atoms. The van der Waals surface area contributed by atoms with Crippen molar-refractivity contribution in [2.45, 2.75) is 31.1 Å². The van der Waals surface area contributed by atoms with E-state index < -0.39 is 21.8 Å². The summed E-state index contributed by atoms with van der Waals surface area (Å²) in [6.45, 7) is 2.46. The maximum Gasteiger partial charge on any atom is 0.309 e. The van der Waals surface area contributed by atoms with Crippen LogP contribution in [-0.4, -0.2) is 50.2 Å². The number of fused-ring (bicyclic) bond motifs is 1. The lowest BCUT2D eigenvalue weighted by molar-refractivity contribution is -0.149. The number of carbonyl (C=O) groups excluding carboxylic acids is 3. The minimum atomic E-state index is -3.78. The number of nitrogens with one attached hydrogen (secondary N) is 2. The lowest BCUT2D eigenvalue weighted by Gasteiger charge is -2.30. The number of esters is 1. The Morgan fingerprint density at radius 3 is 2.41 bits per heavy atom. The predicted octanol–water partition coefficient (Wildman–Crippen LogP) is 0.931. The quantitative estimate of drug-likeness (QED) is 0.578. The van der Waals surface area contributed by atoms with Gasteiger partial charge in [-0.1, -0.05) is 0 Å². The molecule has 146 valence electrons. The number of amides is 2. The highest BCUT2D eigenvalue weighted by atomic mass is 32.2. The van der Waals surface area contributed by atoms with E-state index in [0.717, 1.165) is 0 Å². The van der Waals surface area contributed by atoms with Crippen LogP contribution in [0.2, 0.25) is 0 Å². The van der Waals surface area contributed by atoms with Crippen molar-refractivity contribution < 1.29 is 27.5 Å². The molecule has 10 heteroatoms. The molecule has 0 atom stereocenters. The Bertz CT molecular complexity index is 875. The van der Waals surface area contributed by atoms with Gasteiger partial charge in [-0.2, -0.15) is 4.31 Å². The third kappa shape index (κ3) is 4.11. The number of benzene rings is 1. The fourth-order valence-corrected chi connectivity index (χ4v) is 4.67. The van der Waals surface area contributed by atoms with E-state index in [1.165, 1.54) is 22.5 Å². The Balaban J connectivity index is 1.77. The highest BCUT2D eigenvalue weighted by Crippen LogP contribution is 2.30. The normalized spacial score (nSPS) is 18.9. The average Bonchev–Trinajstić information content (AvgIpc) is 2.77. The third-order valence-corrected chi connectivity index (χ3v) is 6.47. The van der Waals surface area contributed by atoms with Gasteiger partial charge in [0.25, 0.3) is 0 Å². The molecule has 1 saturated heterocycles. The first-order chi connectivity index (χ1) is 12.8. The molecule has 2 amide bonds. The van der Waals surface area contributed by atoms with Gasteiger partial charge in [-0.25, -0.2) is 8.42 Å². The number of piperidine rings is 1. The molecule has 1 aromatic carbocycles. The molecule has 0 spiro atoms. The third-order valence-electron chi connectivity index (χ3n) is 4.57. The van der Waals surface area contributed by atoms with Gasteiger partial charge in [0.05, 0.1) is 28.8 Å². The lowest BCUT2D eigenvalue weighted by Crippen LogP contribution is -2.40. The number of nitrogens with zero attached hydrogens (tertiary/aromatic N) is 1. The lowest BCUT2D eigenvalue weighted by atomic mass is 9.98. The van der Waals surface area contributed by atoms with Crippen LogP contribution in [0.25, 0.3) is 0 Å². The van der Waals surface area contributed by atoms with E-state index >= 15 is 0 Å². The van der Waals surface area contributed by atoms with Crippen LogP contribution in [0.5, 0.6) is 0 Å². The maximum atomic E-state index is 12.9. The van der Waals surface area contributed by atoms with Crippen molar-refractivity contribution >= 4 is 39.2 Å². The monoisotopic (exact) mass is 395 g/mol.